The van der Waals surface area contributed by atoms with Crippen molar-refractivity contribution in [1.29, 1.82) is 0 Å². The summed E-state index contributed by atoms with van der Waals surface area (Å²) in [6.45, 7) is 2.65. The Balaban J connectivity index is 1.45. The molecule has 1 fully saturated rings. The van der Waals surface area contributed by atoms with Crippen LogP contribution >= 0.6 is 0 Å². The molecule has 3 aromatic rings. The fraction of sp³-hybridized carbons (Fsp3) is 0.259. The molecule has 0 unspecified atom stereocenters. The summed E-state index contributed by atoms with van der Waals surface area (Å²) in [4.78, 5) is 30.4. The first-order chi connectivity index (χ1) is 16.1. The Kier molecular flexibility index (Phi) is 7.25. The number of hydrogen-bond donors (Lipinski definition) is 1. The van der Waals surface area contributed by atoms with Crippen LogP contribution in [0.5, 0.6) is 5.75 Å². The fourth-order valence-corrected chi connectivity index (χ4v) is 4.09. The lowest BCUT2D eigenvalue weighted by Gasteiger charge is -2.37. The van der Waals surface area contributed by atoms with E-state index in [1.807, 2.05) is 71.6 Å². The number of nitrogens with zero attached hydrogens (tertiary/aromatic N) is 2. The first-order valence-corrected chi connectivity index (χ1v) is 11.2. The predicted octanol–water partition coefficient (Wildman–Crippen LogP) is 3.39. The second-order valence-electron chi connectivity index (χ2n) is 8.10. The van der Waals surface area contributed by atoms with Gasteiger partial charge in [0.2, 0.25) is 5.91 Å². The third-order valence-electron chi connectivity index (χ3n) is 5.93. The van der Waals surface area contributed by atoms with Gasteiger partial charge in [0.1, 0.15) is 11.8 Å². The van der Waals surface area contributed by atoms with Crippen LogP contribution in [0.3, 0.4) is 0 Å². The molecule has 170 valence electrons. The Morgan fingerprint density at radius 1 is 0.879 bits per heavy atom. The summed E-state index contributed by atoms with van der Waals surface area (Å²) in [6.07, 6.45) is 0.453. The maximum Gasteiger partial charge on any atom is 0.251 e. The molecular formula is C27H29N3O3. The van der Waals surface area contributed by atoms with E-state index < -0.39 is 6.04 Å². The number of piperazine rings is 1. The molecule has 1 aliphatic heterocycles. The minimum absolute atomic E-state index is 0.0478. The molecule has 0 bridgehead atoms. The van der Waals surface area contributed by atoms with Gasteiger partial charge in [-0.25, -0.2) is 0 Å². The highest BCUT2D eigenvalue weighted by Gasteiger charge is 2.29. The quantitative estimate of drug-likeness (QED) is 0.608. The zero-order valence-electron chi connectivity index (χ0n) is 18.8. The van der Waals surface area contributed by atoms with Gasteiger partial charge in [0.15, 0.2) is 0 Å². The minimum atomic E-state index is -0.622. The van der Waals surface area contributed by atoms with Crippen LogP contribution in [-0.4, -0.2) is 56.0 Å². The number of amides is 2. The van der Waals surface area contributed by atoms with E-state index in [-0.39, 0.29) is 11.8 Å². The molecule has 1 saturated heterocycles. The van der Waals surface area contributed by atoms with E-state index in [0.717, 1.165) is 30.1 Å². The van der Waals surface area contributed by atoms with Crippen LogP contribution in [0.2, 0.25) is 0 Å². The Morgan fingerprint density at radius 2 is 1.55 bits per heavy atom. The zero-order valence-corrected chi connectivity index (χ0v) is 18.8. The highest BCUT2D eigenvalue weighted by atomic mass is 16.5. The summed E-state index contributed by atoms with van der Waals surface area (Å²) in [6, 6.07) is 26.2. The predicted molar refractivity (Wildman–Crippen MR) is 130 cm³/mol. The van der Waals surface area contributed by atoms with Crippen molar-refractivity contribution < 1.29 is 14.3 Å². The maximum absolute atomic E-state index is 13.5. The van der Waals surface area contributed by atoms with Gasteiger partial charge in [-0.2, -0.15) is 0 Å². The first kappa shape index (κ1) is 22.4. The molecule has 1 aliphatic rings. The summed E-state index contributed by atoms with van der Waals surface area (Å²) in [5, 5.41) is 2.98. The van der Waals surface area contributed by atoms with Gasteiger partial charge in [-0.15, -0.1) is 0 Å². The average Bonchev–Trinajstić information content (AvgIpc) is 2.89. The van der Waals surface area contributed by atoms with Gasteiger partial charge in [-0.3, -0.25) is 9.59 Å². The SMILES string of the molecule is COc1cccc(N2CCN(C(=O)[C@H](Cc3ccccc3)NC(=O)c3ccccc3)CC2)c1. The summed E-state index contributed by atoms with van der Waals surface area (Å²) < 4.78 is 5.34. The van der Waals surface area contributed by atoms with E-state index in [0.29, 0.717) is 25.1 Å². The van der Waals surface area contributed by atoms with E-state index in [9.17, 15) is 9.59 Å². The monoisotopic (exact) mass is 443 g/mol. The van der Waals surface area contributed by atoms with E-state index in [1.54, 1.807) is 19.2 Å². The standard InChI is InChI=1S/C27H29N3O3/c1-33-24-14-8-13-23(20-24)29-15-17-30(18-16-29)27(32)25(19-21-9-4-2-5-10-21)28-26(31)22-11-6-3-7-12-22/h2-14,20,25H,15-19H2,1H3,(H,28,31)/t25-/m0/s1. The topological polar surface area (TPSA) is 61.9 Å². The van der Waals surface area contributed by atoms with Crippen molar-refractivity contribution >= 4 is 17.5 Å². The fourth-order valence-electron chi connectivity index (χ4n) is 4.09. The average molecular weight is 444 g/mol. The van der Waals surface area contributed by atoms with E-state index in [1.165, 1.54) is 0 Å². The lowest BCUT2D eigenvalue weighted by atomic mass is 10.0. The Morgan fingerprint density at radius 3 is 2.21 bits per heavy atom. The summed E-state index contributed by atoms with van der Waals surface area (Å²) in [5.74, 6) is 0.533. The molecule has 0 radical (unpaired) electrons. The molecule has 2 amide bonds. The lowest BCUT2D eigenvalue weighted by Crippen LogP contribution is -2.55. The van der Waals surface area contributed by atoms with Crippen molar-refractivity contribution in [3.63, 3.8) is 0 Å². The van der Waals surface area contributed by atoms with Gasteiger partial charge >= 0.3 is 0 Å². The van der Waals surface area contributed by atoms with Gasteiger partial charge in [-0.1, -0.05) is 54.6 Å². The number of hydrogen-bond acceptors (Lipinski definition) is 4. The van der Waals surface area contributed by atoms with Crippen LogP contribution < -0.4 is 15.0 Å². The number of methoxy groups -OCH3 is 1. The number of nitrogens with one attached hydrogen (secondary N) is 1. The molecule has 0 spiro atoms. The minimum Gasteiger partial charge on any atom is -0.497 e. The Bertz CT molecular complexity index is 1060. The molecule has 1 atom stereocenters. The number of carbonyl (C=O) groups excluding carboxylic acids is 2. The number of carbonyl (C=O) groups is 2. The maximum atomic E-state index is 13.5. The Labute approximate surface area is 194 Å². The third kappa shape index (κ3) is 5.71. The first-order valence-electron chi connectivity index (χ1n) is 11.2. The van der Waals surface area contributed by atoms with Gasteiger partial charge in [-0.05, 0) is 29.8 Å². The van der Waals surface area contributed by atoms with Crippen LogP contribution in [0.15, 0.2) is 84.9 Å². The van der Waals surface area contributed by atoms with Gasteiger partial charge in [0.25, 0.3) is 5.91 Å². The number of benzene rings is 3. The largest absolute Gasteiger partial charge is 0.497 e. The van der Waals surface area contributed by atoms with Crippen molar-refractivity contribution in [2.24, 2.45) is 0 Å². The van der Waals surface area contributed by atoms with Crippen LogP contribution in [0.25, 0.3) is 0 Å². The van der Waals surface area contributed by atoms with Crippen molar-refractivity contribution in [2.45, 2.75) is 12.5 Å². The van der Waals surface area contributed by atoms with Gasteiger partial charge < -0.3 is 19.9 Å². The second kappa shape index (κ2) is 10.7. The van der Waals surface area contributed by atoms with Gasteiger partial charge in [0.05, 0.1) is 7.11 Å². The molecule has 33 heavy (non-hydrogen) atoms. The molecule has 0 saturated carbocycles. The molecule has 4 rings (SSSR count). The van der Waals surface area contributed by atoms with Crippen LogP contribution in [0.4, 0.5) is 5.69 Å². The molecule has 3 aromatic carbocycles. The number of ether oxygens (including phenoxy) is 1. The zero-order chi connectivity index (χ0) is 23.0. The van der Waals surface area contributed by atoms with Crippen molar-refractivity contribution in [3.8, 4) is 5.75 Å². The summed E-state index contributed by atoms with van der Waals surface area (Å²) in [7, 11) is 1.66. The summed E-state index contributed by atoms with van der Waals surface area (Å²) in [5.41, 5.74) is 2.64. The molecule has 6 heteroatoms. The number of anilines is 1. The molecular weight excluding hydrogens is 414 g/mol. The molecule has 1 heterocycles. The summed E-state index contributed by atoms with van der Waals surface area (Å²) >= 11 is 0. The molecule has 0 aromatic heterocycles. The van der Waals surface area contributed by atoms with Crippen LogP contribution in [0.1, 0.15) is 15.9 Å². The molecule has 6 nitrogen and oxygen atoms in total. The highest BCUT2D eigenvalue weighted by molar-refractivity contribution is 5.97. The van der Waals surface area contributed by atoms with E-state index in [2.05, 4.69) is 16.3 Å². The van der Waals surface area contributed by atoms with Crippen LogP contribution in [-0.2, 0) is 11.2 Å². The second-order valence-corrected chi connectivity index (χ2v) is 8.10. The lowest BCUT2D eigenvalue weighted by molar-refractivity contribution is -0.133. The third-order valence-corrected chi connectivity index (χ3v) is 5.93. The molecule has 0 aliphatic carbocycles. The van der Waals surface area contributed by atoms with Crippen molar-refractivity contribution in [1.82, 2.24) is 10.2 Å². The van der Waals surface area contributed by atoms with Gasteiger partial charge in [0, 0.05) is 49.9 Å². The highest BCUT2D eigenvalue weighted by Crippen LogP contribution is 2.22. The van der Waals surface area contributed by atoms with Crippen molar-refractivity contribution in [3.05, 3.63) is 96.1 Å². The smallest absolute Gasteiger partial charge is 0.251 e. The van der Waals surface area contributed by atoms with Crippen molar-refractivity contribution in [2.75, 3.05) is 38.2 Å². The van der Waals surface area contributed by atoms with E-state index >= 15 is 0 Å². The number of rotatable bonds is 7. The Hall–Kier alpha value is -3.80. The molecule has 1 N–H and O–H groups in total. The van der Waals surface area contributed by atoms with E-state index in [4.69, 9.17) is 4.74 Å². The normalized spacial score (nSPS) is 14.5. The van der Waals surface area contributed by atoms with Crippen LogP contribution in [0, 0.1) is 0 Å².